The first kappa shape index (κ1) is 21.9. The molecule has 1 heterocycles. The van der Waals surface area contributed by atoms with Gasteiger partial charge in [0.2, 0.25) is 0 Å². The number of carboxylic acid groups (broad SMARTS) is 1. The first-order valence-corrected chi connectivity index (χ1v) is 10.1. The number of aliphatic imine (C=N–C) groups is 1. The topological polar surface area (TPSA) is 132 Å². The van der Waals surface area contributed by atoms with Crippen molar-refractivity contribution in [2.75, 3.05) is 26.2 Å². The molecular formula is C22H26N4O5. The van der Waals surface area contributed by atoms with Gasteiger partial charge in [-0.15, -0.1) is 0 Å². The van der Waals surface area contributed by atoms with Crippen LogP contribution in [-0.2, 0) is 4.79 Å². The Morgan fingerprint density at radius 1 is 1.19 bits per heavy atom. The molecule has 0 spiro atoms. The predicted octanol–water partition coefficient (Wildman–Crippen LogP) is 1.66. The molecule has 31 heavy (non-hydrogen) atoms. The van der Waals surface area contributed by atoms with Gasteiger partial charge in [-0.1, -0.05) is 30.3 Å². The number of phenols is 1. The fraction of sp³-hybridized carbons (Fsp3) is 0.318. The molecule has 3 rings (SSSR count). The second-order valence-electron chi connectivity index (χ2n) is 7.00. The Morgan fingerprint density at radius 3 is 2.68 bits per heavy atom. The molecule has 0 bridgehead atoms. The van der Waals surface area contributed by atoms with Crippen molar-refractivity contribution in [3.63, 3.8) is 0 Å². The Kier molecular flexibility index (Phi) is 7.69. The van der Waals surface area contributed by atoms with E-state index < -0.39 is 17.9 Å². The fourth-order valence-electron chi connectivity index (χ4n) is 3.13. The number of carbonyl (C=O) groups is 2. The molecule has 0 fully saturated rings. The van der Waals surface area contributed by atoms with E-state index in [0.29, 0.717) is 24.5 Å². The maximum Gasteiger partial charge on any atom is 0.305 e. The molecule has 0 radical (unpaired) electrons. The van der Waals surface area contributed by atoms with Gasteiger partial charge in [-0.3, -0.25) is 14.6 Å². The summed E-state index contributed by atoms with van der Waals surface area (Å²) in [5.41, 5.74) is 0.708. The molecule has 0 aliphatic carbocycles. The van der Waals surface area contributed by atoms with Gasteiger partial charge in [0.25, 0.3) is 5.91 Å². The molecule has 0 saturated carbocycles. The monoisotopic (exact) mass is 426 g/mol. The minimum Gasteiger partial charge on any atom is -0.507 e. The third kappa shape index (κ3) is 6.63. The van der Waals surface area contributed by atoms with E-state index in [-0.39, 0.29) is 17.7 Å². The van der Waals surface area contributed by atoms with Crippen molar-refractivity contribution in [1.29, 1.82) is 0 Å². The molecule has 1 unspecified atom stereocenters. The number of aliphatic carboxylic acids is 1. The van der Waals surface area contributed by atoms with Crippen molar-refractivity contribution in [2.45, 2.75) is 18.9 Å². The fourth-order valence-corrected chi connectivity index (χ4v) is 3.13. The second-order valence-corrected chi connectivity index (χ2v) is 7.00. The lowest BCUT2D eigenvalue weighted by atomic mass is 10.0. The van der Waals surface area contributed by atoms with Crippen molar-refractivity contribution in [2.24, 2.45) is 4.99 Å². The highest BCUT2D eigenvalue weighted by Crippen LogP contribution is 2.25. The summed E-state index contributed by atoms with van der Waals surface area (Å²) in [5, 5.41) is 28.4. The van der Waals surface area contributed by atoms with Crippen LogP contribution >= 0.6 is 0 Å². The summed E-state index contributed by atoms with van der Waals surface area (Å²) in [6.45, 7) is 2.57. The number of benzene rings is 2. The number of guanidine groups is 1. The van der Waals surface area contributed by atoms with Crippen LogP contribution in [0, 0.1) is 0 Å². The molecule has 1 aliphatic rings. The predicted molar refractivity (Wildman–Crippen MR) is 115 cm³/mol. The van der Waals surface area contributed by atoms with E-state index in [4.69, 9.17) is 4.74 Å². The highest BCUT2D eigenvalue weighted by molar-refractivity contribution is 5.97. The molecule has 0 aromatic heterocycles. The number of nitrogens with zero attached hydrogens (tertiary/aromatic N) is 1. The number of nitrogens with one attached hydrogen (secondary N) is 3. The van der Waals surface area contributed by atoms with Crippen molar-refractivity contribution in [1.82, 2.24) is 16.0 Å². The van der Waals surface area contributed by atoms with Gasteiger partial charge in [0.15, 0.2) is 5.96 Å². The maximum atomic E-state index is 12.6. The van der Waals surface area contributed by atoms with Crippen LogP contribution in [-0.4, -0.2) is 54.3 Å². The van der Waals surface area contributed by atoms with Crippen LogP contribution in [0.4, 0.5) is 0 Å². The summed E-state index contributed by atoms with van der Waals surface area (Å²) in [6, 6.07) is 12.5. The maximum absolute atomic E-state index is 12.6. The smallest absolute Gasteiger partial charge is 0.305 e. The van der Waals surface area contributed by atoms with Gasteiger partial charge in [-0.25, -0.2) is 0 Å². The van der Waals surface area contributed by atoms with E-state index >= 15 is 0 Å². The number of carboxylic acids is 1. The zero-order valence-electron chi connectivity index (χ0n) is 17.0. The Bertz CT molecular complexity index is 933. The van der Waals surface area contributed by atoms with Crippen molar-refractivity contribution in [3.8, 4) is 11.5 Å². The summed E-state index contributed by atoms with van der Waals surface area (Å²) in [6.07, 6.45) is 0.744. The number of ether oxygens (including phenoxy) is 1. The van der Waals surface area contributed by atoms with Crippen molar-refractivity contribution < 1.29 is 24.5 Å². The molecule has 0 saturated heterocycles. The molecule has 9 nitrogen and oxygen atoms in total. The number of carbonyl (C=O) groups excluding carboxylic acids is 1. The zero-order valence-corrected chi connectivity index (χ0v) is 17.0. The standard InChI is InChI=1S/C22H26N4O5/c27-19-13-16(31-12-11-25-22-23-9-4-10-24-22)7-8-17(19)21(30)26-18(14-20(28)29)15-5-2-1-3-6-15/h1-3,5-8,13,18,27H,4,9-12,14H2,(H,26,30)(H,28,29)(H2,23,24,25). The number of hydrogen-bond acceptors (Lipinski definition) is 7. The van der Waals surface area contributed by atoms with Crippen LogP contribution in [0.5, 0.6) is 11.5 Å². The van der Waals surface area contributed by atoms with Gasteiger partial charge in [0.1, 0.15) is 18.1 Å². The molecule has 2 aromatic carbocycles. The Morgan fingerprint density at radius 2 is 2.00 bits per heavy atom. The van der Waals surface area contributed by atoms with Gasteiger partial charge in [-0.2, -0.15) is 0 Å². The van der Waals surface area contributed by atoms with Crippen LogP contribution in [0.3, 0.4) is 0 Å². The molecule has 2 aromatic rings. The molecule has 9 heteroatoms. The third-order valence-electron chi connectivity index (χ3n) is 4.66. The Labute approximate surface area is 180 Å². The molecule has 5 N–H and O–H groups in total. The zero-order chi connectivity index (χ0) is 22.1. The number of rotatable bonds is 9. The first-order valence-electron chi connectivity index (χ1n) is 10.1. The van der Waals surface area contributed by atoms with Gasteiger partial charge >= 0.3 is 5.97 Å². The lowest BCUT2D eigenvalue weighted by Gasteiger charge is -2.18. The first-order chi connectivity index (χ1) is 15.0. The van der Waals surface area contributed by atoms with E-state index in [1.807, 2.05) is 6.07 Å². The van der Waals surface area contributed by atoms with Crippen molar-refractivity contribution >= 4 is 17.8 Å². The minimum atomic E-state index is -1.04. The summed E-state index contributed by atoms with van der Waals surface area (Å²) >= 11 is 0. The number of phenolic OH excluding ortho intramolecular Hbond substituents is 1. The second kappa shape index (κ2) is 10.9. The highest BCUT2D eigenvalue weighted by atomic mass is 16.5. The van der Waals surface area contributed by atoms with Gasteiger partial charge in [0, 0.05) is 19.2 Å². The van der Waals surface area contributed by atoms with E-state index in [9.17, 15) is 19.8 Å². The largest absolute Gasteiger partial charge is 0.507 e. The van der Waals surface area contributed by atoms with Gasteiger partial charge < -0.3 is 30.9 Å². The van der Waals surface area contributed by atoms with E-state index in [0.717, 1.165) is 25.5 Å². The summed E-state index contributed by atoms with van der Waals surface area (Å²) < 4.78 is 5.60. The average molecular weight is 426 g/mol. The van der Waals surface area contributed by atoms with Crippen LogP contribution in [0.25, 0.3) is 0 Å². The van der Waals surface area contributed by atoms with Gasteiger partial charge in [-0.05, 0) is 24.1 Å². The highest BCUT2D eigenvalue weighted by Gasteiger charge is 2.20. The Hall–Kier alpha value is -3.75. The molecular weight excluding hydrogens is 400 g/mol. The molecule has 1 amide bonds. The number of amides is 1. The molecule has 1 atom stereocenters. The SMILES string of the molecule is O=C(O)CC(NC(=O)c1ccc(OCCNC2=NCCCN2)cc1O)c1ccccc1. The van der Waals surface area contributed by atoms with E-state index in [2.05, 4.69) is 20.9 Å². The minimum absolute atomic E-state index is 0.0394. The lowest BCUT2D eigenvalue weighted by Crippen LogP contribution is -2.42. The number of hydrogen-bond donors (Lipinski definition) is 5. The van der Waals surface area contributed by atoms with Crippen LogP contribution in [0.1, 0.15) is 34.8 Å². The van der Waals surface area contributed by atoms with Crippen LogP contribution in [0.15, 0.2) is 53.5 Å². The number of aromatic hydroxyl groups is 1. The lowest BCUT2D eigenvalue weighted by molar-refractivity contribution is -0.137. The third-order valence-corrected chi connectivity index (χ3v) is 4.66. The quantitative estimate of drug-likeness (QED) is 0.385. The van der Waals surface area contributed by atoms with Crippen LogP contribution in [0.2, 0.25) is 0 Å². The van der Waals surface area contributed by atoms with Crippen molar-refractivity contribution in [3.05, 3.63) is 59.7 Å². The van der Waals surface area contributed by atoms with E-state index in [1.165, 1.54) is 12.1 Å². The van der Waals surface area contributed by atoms with Gasteiger partial charge in [0.05, 0.1) is 24.6 Å². The van der Waals surface area contributed by atoms with E-state index in [1.54, 1.807) is 30.3 Å². The summed E-state index contributed by atoms with van der Waals surface area (Å²) in [7, 11) is 0. The summed E-state index contributed by atoms with van der Waals surface area (Å²) in [5.74, 6) is -0.686. The summed E-state index contributed by atoms with van der Waals surface area (Å²) in [4.78, 5) is 28.1. The molecule has 164 valence electrons. The molecule has 1 aliphatic heterocycles. The van der Waals surface area contributed by atoms with Crippen LogP contribution < -0.4 is 20.7 Å². The average Bonchev–Trinajstić information content (AvgIpc) is 2.77. The Balaban J connectivity index is 1.57. The normalized spacial score (nSPS) is 14.0.